The van der Waals surface area contributed by atoms with Crippen LogP contribution in [0.5, 0.6) is 0 Å². The molecule has 0 aromatic carbocycles. The van der Waals surface area contributed by atoms with E-state index in [9.17, 15) is 4.79 Å². The Hall–Kier alpha value is -0.910. The number of aliphatic imine (C=N–C) groups is 1. The fraction of sp³-hybridized carbons (Fsp3) is 0.882. The lowest BCUT2D eigenvalue weighted by Gasteiger charge is -2.31. The van der Waals surface area contributed by atoms with Gasteiger partial charge in [0, 0.05) is 31.4 Å². The summed E-state index contributed by atoms with van der Waals surface area (Å²) in [6, 6.07) is 0.803. The first-order valence-electron chi connectivity index (χ1n) is 8.85. The van der Waals surface area contributed by atoms with Gasteiger partial charge in [0.05, 0.1) is 0 Å². The van der Waals surface area contributed by atoms with E-state index in [1.165, 1.54) is 31.4 Å². The zero-order chi connectivity index (χ0) is 17.2. The van der Waals surface area contributed by atoms with Gasteiger partial charge in [-0.3, -0.25) is 4.79 Å². The van der Waals surface area contributed by atoms with Crippen LogP contribution in [-0.2, 0) is 4.79 Å². The third-order valence-corrected chi connectivity index (χ3v) is 5.47. The van der Waals surface area contributed by atoms with Gasteiger partial charge < -0.3 is 15.5 Å². The minimum absolute atomic E-state index is 0.0262. The maximum absolute atomic E-state index is 11.8. The van der Waals surface area contributed by atoms with Gasteiger partial charge in [-0.05, 0) is 38.4 Å². The van der Waals surface area contributed by atoms with Crippen molar-refractivity contribution in [1.82, 2.24) is 15.5 Å². The number of hydrogen-bond donors (Lipinski definition) is 2. The van der Waals surface area contributed by atoms with Crippen molar-refractivity contribution in [2.75, 3.05) is 26.4 Å². The lowest BCUT2D eigenvalue weighted by molar-refractivity contribution is -0.127. The van der Waals surface area contributed by atoms with E-state index in [2.05, 4.69) is 48.2 Å². The minimum Gasteiger partial charge on any atom is -0.354 e. The summed E-state index contributed by atoms with van der Waals surface area (Å²) in [5, 5.41) is 7.72. The number of likely N-dealkylation sites (N-methyl/N-ethyl adjacent to an activating group) is 1. The summed E-state index contributed by atoms with van der Waals surface area (Å²) >= 11 is 2.06. The largest absolute Gasteiger partial charge is 0.354 e. The number of nitrogens with zero attached hydrogens (tertiary/aromatic N) is 2. The highest BCUT2D eigenvalue weighted by molar-refractivity contribution is 7.99. The maximum atomic E-state index is 11.8. The molecule has 1 fully saturated rings. The first kappa shape index (κ1) is 20.1. The van der Waals surface area contributed by atoms with Gasteiger partial charge in [0.2, 0.25) is 5.91 Å². The van der Waals surface area contributed by atoms with E-state index in [0.717, 1.165) is 17.6 Å². The summed E-state index contributed by atoms with van der Waals surface area (Å²) in [6.07, 6.45) is 5.98. The molecule has 0 heterocycles. The summed E-state index contributed by atoms with van der Waals surface area (Å²) < 4.78 is 0. The van der Waals surface area contributed by atoms with Crippen molar-refractivity contribution in [3.63, 3.8) is 0 Å². The van der Waals surface area contributed by atoms with Crippen LogP contribution >= 0.6 is 11.8 Å². The summed E-state index contributed by atoms with van der Waals surface area (Å²) in [5.41, 5.74) is 0. The molecule has 0 saturated heterocycles. The number of rotatable bonds is 7. The molecule has 1 rings (SSSR count). The molecule has 5 nitrogen and oxygen atoms in total. The predicted octanol–water partition coefficient (Wildman–Crippen LogP) is 2.47. The van der Waals surface area contributed by atoms with Crippen LogP contribution in [0.15, 0.2) is 4.99 Å². The molecule has 0 bridgehead atoms. The number of hydrogen-bond acceptors (Lipinski definition) is 3. The molecule has 0 aliphatic heterocycles. The lowest BCUT2D eigenvalue weighted by Crippen LogP contribution is -2.48. The van der Waals surface area contributed by atoms with Crippen molar-refractivity contribution in [2.24, 2.45) is 4.99 Å². The third-order valence-electron chi connectivity index (χ3n) is 4.24. The Morgan fingerprint density at radius 2 is 2.09 bits per heavy atom. The average molecular weight is 343 g/mol. The Morgan fingerprint density at radius 1 is 1.35 bits per heavy atom. The van der Waals surface area contributed by atoms with Crippen LogP contribution in [0.3, 0.4) is 0 Å². The lowest BCUT2D eigenvalue weighted by atomic mass is 9.95. The summed E-state index contributed by atoms with van der Waals surface area (Å²) in [5.74, 6) is 1.99. The third kappa shape index (κ3) is 7.95. The summed E-state index contributed by atoms with van der Waals surface area (Å²) in [7, 11) is 3.53. The molecule has 23 heavy (non-hydrogen) atoms. The number of thioether (sulfide) groups is 1. The average Bonchev–Trinajstić information content (AvgIpc) is 2.52. The first-order chi connectivity index (χ1) is 11.0. The molecule has 134 valence electrons. The second-order valence-corrected chi connectivity index (χ2v) is 8.07. The summed E-state index contributed by atoms with van der Waals surface area (Å²) in [4.78, 5) is 17.9. The number of nitrogens with one attached hydrogen (secondary N) is 2. The molecule has 1 aliphatic carbocycles. The molecule has 3 unspecified atom stereocenters. The number of amides is 1. The molecule has 1 aliphatic rings. The van der Waals surface area contributed by atoms with Crippen molar-refractivity contribution in [1.29, 1.82) is 0 Å². The van der Waals surface area contributed by atoms with Gasteiger partial charge in [-0.1, -0.05) is 20.3 Å². The highest BCUT2D eigenvalue weighted by atomic mass is 32.2. The quantitative estimate of drug-likeness (QED) is 0.551. The molecule has 3 atom stereocenters. The SMILES string of the molecule is CCSC1CCCC(NC(=NCC(=O)N(C)C)NC(C)CC)C1. The molecule has 2 N–H and O–H groups in total. The standard InChI is InChI=1S/C17H34N4OS/c1-6-13(3)19-17(18-12-16(22)21(4)5)20-14-9-8-10-15(11-14)23-7-2/h13-15H,6-12H2,1-5H3,(H2,18,19,20). The Morgan fingerprint density at radius 3 is 2.70 bits per heavy atom. The number of guanidine groups is 1. The normalized spacial score (nSPS) is 23.3. The molecule has 0 radical (unpaired) electrons. The number of carbonyl (C=O) groups is 1. The zero-order valence-electron chi connectivity index (χ0n) is 15.4. The highest BCUT2D eigenvalue weighted by Crippen LogP contribution is 2.28. The van der Waals surface area contributed by atoms with Crippen molar-refractivity contribution >= 4 is 23.6 Å². The monoisotopic (exact) mass is 342 g/mol. The van der Waals surface area contributed by atoms with Gasteiger partial charge in [-0.15, -0.1) is 0 Å². The Balaban J connectivity index is 2.64. The van der Waals surface area contributed by atoms with E-state index in [4.69, 9.17) is 0 Å². The van der Waals surface area contributed by atoms with Crippen LogP contribution in [-0.4, -0.2) is 60.5 Å². The van der Waals surface area contributed by atoms with Crippen molar-refractivity contribution in [3.05, 3.63) is 0 Å². The van der Waals surface area contributed by atoms with Crippen molar-refractivity contribution in [3.8, 4) is 0 Å². The molecule has 0 aromatic rings. The van der Waals surface area contributed by atoms with E-state index in [1.807, 2.05) is 0 Å². The van der Waals surface area contributed by atoms with Crippen molar-refractivity contribution < 1.29 is 4.79 Å². The molecular formula is C17H34N4OS. The van der Waals surface area contributed by atoms with Crippen LogP contribution in [0.1, 0.15) is 52.9 Å². The Kier molecular flexibility index (Phi) is 9.44. The second kappa shape index (κ2) is 10.8. The van der Waals surface area contributed by atoms with E-state index in [0.29, 0.717) is 12.1 Å². The van der Waals surface area contributed by atoms with Crippen LogP contribution in [0.2, 0.25) is 0 Å². The fourth-order valence-electron chi connectivity index (χ4n) is 2.61. The Bertz CT molecular complexity index is 385. The van der Waals surface area contributed by atoms with Gasteiger partial charge in [-0.25, -0.2) is 4.99 Å². The van der Waals surface area contributed by atoms with Crippen LogP contribution in [0, 0.1) is 0 Å². The van der Waals surface area contributed by atoms with Crippen LogP contribution in [0.25, 0.3) is 0 Å². The molecule has 6 heteroatoms. The van der Waals surface area contributed by atoms with E-state index < -0.39 is 0 Å². The molecule has 0 aromatic heterocycles. The van der Waals surface area contributed by atoms with Gasteiger partial charge in [0.1, 0.15) is 6.54 Å². The first-order valence-corrected chi connectivity index (χ1v) is 9.90. The van der Waals surface area contributed by atoms with Crippen LogP contribution in [0.4, 0.5) is 0 Å². The number of carbonyl (C=O) groups excluding carboxylic acids is 1. The molecule has 0 spiro atoms. The summed E-state index contributed by atoms with van der Waals surface area (Å²) in [6.45, 7) is 6.71. The zero-order valence-corrected chi connectivity index (χ0v) is 16.2. The van der Waals surface area contributed by atoms with Crippen molar-refractivity contribution in [2.45, 2.75) is 70.2 Å². The highest BCUT2D eigenvalue weighted by Gasteiger charge is 2.23. The second-order valence-electron chi connectivity index (χ2n) is 6.49. The smallest absolute Gasteiger partial charge is 0.243 e. The predicted molar refractivity (Wildman–Crippen MR) is 101 cm³/mol. The topological polar surface area (TPSA) is 56.7 Å². The van der Waals surface area contributed by atoms with E-state index in [1.54, 1.807) is 19.0 Å². The van der Waals surface area contributed by atoms with E-state index >= 15 is 0 Å². The van der Waals surface area contributed by atoms with Crippen LogP contribution < -0.4 is 10.6 Å². The van der Waals surface area contributed by atoms with Gasteiger partial charge >= 0.3 is 0 Å². The van der Waals surface area contributed by atoms with Gasteiger partial charge in [0.25, 0.3) is 0 Å². The van der Waals surface area contributed by atoms with E-state index in [-0.39, 0.29) is 12.5 Å². The maximum Gasteiger partial charge on any atom is 0.243 e. The van der Waals surface area contributed by atoms with Gasteiger partial charge in [0.15, 0.2) is 5.96 Å². The Labute approximate surface area is 146 Å². The minimum atomic E-state index is 0.0262. The molecule has 1 amide bonds. The molecule has 1 saturated carbocycles. The molecular weight excluding hydrogens is 308 g/mol. The fourth-order valence-corrected chi connectivity index (χ4v) is 3.79. The van der Waals surface area contributed by atoms with Gasteiger partial charge in [-0.2, -0.15) is 11.8 Å².